The Morgan fingerprint density at radius 2 is 1.87 bits per heavy atom. The van der Waals surface area contributed by atoms with Gasteiger partial charge in [0, 0.05) is 25.4 Å². The van der Waals surface area contributed by atoms with E-state index in [1.165, 1.54) is 17.0 Å². The summed E-state index contributed by atoms with van der Waals surface area (Å²) in [6.45, 7) is 1.36. The molecule has 1 saturated carbocycles. The number of nitrogens with one attached hydrogen (secondary N) is 1. The Balaban J connectivity index is 1.83. The summed E-state index contributed by atoms with van der Waals surface area (Å²) in [7, 11) is -3.10. The third-order valence-corrected chi connectivity index (χ3v) is 8.76. The van der Waals surface area contributed by atoms with E-state index in [1.807, 2.05) is 0 Å². The highest BCUT2D eigenvalue weighted by Gasteiger charge is 2.36. The lowest BCUT2D eigenvalue weighted by atomic mass is 9.89. The van der Waals surface area contributed by atoms with Crippen LogP contribution in [0, 0.1) is 18.8 Å². The van der Waals surface area contributed by atoms with Gasteiger partial charge in [-0.05, 0) is 56.6 Å². The molecule has 0 unspecified atom stereocenters. The molecule has 218 valence electrons. The molecule has 39 heavy (non-hydrogen) atoms. The lowest BCUT2D eigenvalue weighted by Gasteiger charge is -2.27. The predicted molar refractivity (Wildman–Crippen MR) is 134 cm³/mol. The number of hydrogen-bond acceptors (Lipinski definition) is 6. The van der Waals surface area contributed by atoms with Crippen LogP contribution in [0.3, 0.4) is 0 Å². The second-order valence-corrected chi connectivity index (χ2v) is 12.3. The van der Waals surface area contributed by atoms with Crippen LogP contribution in [-0.2, 0) is 22.7 Å². The normalized spacial score (nSPS) is 19.2. The van der Waals surface area contributed by atoms with Crippen LogP contribution in [0.25, 0.3) is 5.82 Å². The Morgan fingerprint density at radius 1 is 1.23 bits per heavy atom. The molecule has 8 nitrogen and oxygen atoms in total. The van der Waals surface area contributed by atoms with E-state index in [0.717, 1.165) is 13.0 Å². The van der Waals surface area contributed by atoms with Crippen molar-refractivity contribution >= 4 is 15.7 Å². The highest BCUT2D eigenvalue weighted by Crippen LogP contribution is 2.32. The molecule has 2 aromatic rings. The van der Waals surface area contributed by atoms with Crippen molar-refractivity contribution in [1.29, 1.82) is 0 Å². The number of carbonyl (C=O) groups excluding carboxylic acids is 1. The number of halogens is 5. The fourth-order valence-electron chi connectivity index (χ4n) is 4.79. The Labute approximate surface area is 224 Å². The van der Waals surface area contributed by atoms with Crippen LogP contribution < -0.4 is 10.1 Å². The first-order valence-electron chi connectivity index (χ1n) is 12.7. The molecule has 1 aliphatic rings. The van der Waals surface area contributed by atoms with Crippen molar-refractivity contribution in [3.8, 4) is 11.6 Å². The number of amides is 1. The monoisotopic (exact) mass is 580 g/mol. The molecule has 14 heteroatoms. The fourth-order valence-corrected chi connectivity index (χ4v) is 5.92. The van der Waals surface area contributed by atoms with E-state index in [4.69, 9.17) is 0 Å². The Hall–Kier alpha value is -2.77. The van der Waals surface area contributed by atoms with Crippen molar-refractivity contribution in [3.05, 3.63) is 35.0 Å². The van der Waals surface area contributed by atoms with Crippen LogP contribution in [0.4, 0.5) is 22.0 Å². The van der Waals surface area contributed by atoms with Gasteiger partial charge in [0.2, 0.25) is 0 Å². The first-order valence-corrected chi connectivity index (χ1v) is 14.6. The SMILES string of the molecule is CCc1nc(C(=O)NC[C@H]2CC[C@@H](S(C)(=O)=O)CC2)c(C)n1-c1ncc(C[C@@H](C)C(F)(F)F)cc1OC(F)F. The summed E-state index contributed by atoms with van der Waals surface area (Å²) in [6.07, 6.45) is 0.133. The topological polar surface area (TPSA) is 103 Å². The number of ether oxygens (including phenoxy) is 1. The molecule has 3 rings (SSSR count). The van der Waals surface area contributed by atoms with Gasteiger partial charge in [-0.2, -0.15) is 22.0 Å². The molecule has 0 saturated heterocycles. The number of rotatable bonds is 10. The van der Waals surface area contributed by atoms with E-state index >= 15 is 0 Å². The molecule has 1 fully saturated rings. The summed E-state index contributed by atoms with van der Waals surface area (Å²) in [6, 6.07) is 1.10. The zero-order chi connectivity index (χ0) is 29.1. The number of aromatic nitrogens is 3. The first-order chi connectivity index (χ1) is 18.1. The summed E-state index contributed by atoms with van der Waals surface area (Å²) in [5.41, 5.74) is 0.419. The van der Waals surface area contributed by atoms with Gasteiger partial charge in [0.1, 0.15) is 21.4 Å². The summed E-state index contributed by atoms with van der Waals surface area (Å²) >= 11 is 0. The van der Waals surface area contributed by atoms with Gasteiger partial charge in [-0.1, -0.05) is 13.8 Å². The van der Waals surface area contributed by atoms with Crippen molar-refractivity contribution in [1.82, 2.24) is 19.9 Å². The van der Waals surface area contributed by atoms with Crippen LogP contribution in [-0.4, -0.2) is 59.7 Å². The number of alkyl halides is 5. The predicted octanol–water partition coefficient (Wildman–Crippen LogP) is 4.81. The second-order valence-electron chi connectivity index (χ2n) is 10.0. The molecule has 0 aliphatic heterocycles. The van der Waals surface area contributed by atoms with Crippen LogP contribution in [0.15, 0.2) is 12.3 Å². The van der Waals surface area contributed by atoms with E-state index in [2.05, 4.69) is 20.0 Å². The van der Waals surface area contributed by atoms with Gasteiger partial charge in [-0.3, -0.25) is 9.36 Å². The number of imidazole rings is 1. The number of nitrogens with zero attached hydrogens (tertiary/aromatic N) is 3. The van der Waals surface area contributed by atoms with Crippen molar-refractivity contribution in [2.24, 2.45) is 11.8 Å². The zero-order valence-corrected chi connectivity index (χ0v) is 23.0. The number of aryl methyl sites for hydroxylation is 1. The maximum absolute atomic E-state index is 13.2. The molecule has 0 aromatic carbocycles. The zero-order valence-electron chi connectivity index (χ0n) is 22.2. The lowest BCUT2D eigenvalue weighted by molar-refractivity contribution is -0.169. The third-order valence-electron chi connectivity index (χ3n) is 7.08. The van der Waals surface area contributed by atoms with Gasteiger partial charge in [-0.15, -0.1) is 0 Å². The summed E-state index contributed by atoms with van der Waals surface area (Å²) in [4.78, 5) is 21.5. The molecule has 0 radical (unpaired) electrons. The Bertz CT molecular complexity index is 1270. The van der Waals surface area contributed by atoms with Crippen LogP contribution in [0.1, 0.15) is 67.1 Å². The van der Waals surface area contributed by atoms with Gasteiger partial charge in [-0.25, -0.2) is 18.4 Å². The molecule has 1 N–H and O–H groups in total. The van der Waals surface area contributed by atoms with Gasteiger partial charge in [0.25, 0.3) is 5.91 Å². The molecule has 0 bridgehead atoms. The highest BCUT2D eigenvalue weighted by molar-refractivity contribution is 7.91. The molecule has 0 spiro atoms. The van der Waals surface area contributed by atoms with E-state index in [9.17, 15) is 35.2 Å². The summed E-state index contributed by atoms with van der Waals surface area (Å²) < 4.78 is 95.1. The fraction of sp³-hybridized carbons (Fsp3) is 0.640. The maximum atomic E-state index is 13.2. The highest BCUT2D eigenvalue weighted by atomic mass is 32.2. The first kappa shape index (κ1) is 30.8. The minimum absolute atomic E-state index is 0.0521. The van der Waals surface area contributed by atoms with Crippen molar-refractivity contribution in [2.45, 2.75) is 77.3 Å². The standard InChI is InChI=1S/C25H33F5N4O4S/c1-5-20-33-21(23(35)32-12-16-6-8-18(9-7-16)39(4,36)37)15(3)34(20)22-19(38-24(26)27)11-17(13-31-22)10-14(2)25(28,29)30/h11,13-14,16,18,24H,5-10,12H2,1-4H3,(H,32,35)/t14-,16-,18+/m1/s1. The van der Waals surface area contributed by atoms with Crippen molar-refractivity contribution in [2.75, 3.05) is 12.8 Å². The van der Waals surface area contributed by atoms with Crippen LogP contribution in [0.5, 0.6) is 5.75 Å². The van der Waals surface area contributed by atoms with Gasteiger partial charge < -0.3 is 10.1 Å². The molecular formula is C25H33F5N4O4S. The molecule has 1 aliphatic carbocycles. The molecular weight excluding hydrogens is 547 g/mol. The Kier molecular flexibility index (Phi) is 9.60. The number of hydrogen-bond donors (Lipinski definition) is 1. The lowest BCUT2D eigenvalue weighted by Crippen LogP contribution is -2.34. The average molecular weight is 581 g/mol. The molecule has 2 aromatic heterocycles. The van der Waals surface area contributed by atoms with Crippen molar-refractivity contribution in [3.63, 3.8) is 0 Å². The van der Waals surface area contributed by atoms with E-state index in [0.29, 0.717) is 50.2 Å². The number of sulfone groups is 1. The quantitative estimate of drug-likeness (QED) is 0.405. The summed E-state index contributed by atoms with van der Waals surface area (Å²) in [5.74, 6) is -2.31. The molecule has 1 amide bonds. The summed E-state index contributed by atoms with van der Waals surface area (Å²) in [5, 5.41) is 2.46. The van der Waals surface area contributed by atoms with Gasteiger partial charge in [0.05, 0.1) is 16.9 Å². The second kappa shape index (κ2) is 12.2. The Morgan fingerprint density at radius 3 is 2.41 bits per heavy atom. The molecule has 2 heterocycles. The number of pyridine rings is 1. The third kappa shape index (κ3) is 7.67. The molecule has 1 atom stereocenters. The number of carbonyl (C=O) groups is 1. The minimum Gasteiger partial charge on any atom is -0.431 e. The maximum Gasteiger partial charge on any atom is 0.391 e. The largest absolute Gasteiger partial charge is 0.431 e. The van der Waals surface area contributed by atoms with E-state index < -0.39 is 46.6 Å². The van der Waals surface area contributed by atoms with Gasteiger partial charge in [0.15, 0.2) is 11.6 Å². The van der Waals surface area contributed by atoms with Gasteiger partial charge >= 0.3 is 12.8 Å². The van der Waals surface area contributed by atoms with E-state index in [-0.39, 0.29) is 28.2 Å². The van der Waals surface area contributed by atoms with Crippen LogP contribution in [0.2, 0.25) is 0 Å². The smallest absolute Gasteiger partial charge is 0.391 e. The minimum atomic E-state index is -4.46. The average Bonchev–Trinajstić information content (AvgIpc) is 3.17. The van der Waals surface area contributed by atoms with Crippen LogP contribution >= 0.6 is 0 Å². The van der Waals surface area contributed by atoms with Crippen molar-refractivity contribution < 1.29 is 39.9 Å². The van der Waals surface area contributed by atoms with E-state index in [1.54, 1.807) is 13.8 Å².